The minimum atomic E-state index is 0.312. The zero-order chi connectivity index (χ0) is 8.10. The van der Waals surface area contributed by atoms with E-state index in [-0.39, 0.29) is 0 Å². The van der Waals surface area contributed by atoms with Gasteiger partial charge in [-0.15, -0.1) is 0 Å². The predicted molar refractivity (Wildman–Crippen MR) is 45.4 cm³/mol. The molecule has 0 unspecified atom stereocenters. The Morgan fingerprint density at radius 1 is 1.45 bits per heavy atom. The molecule has 0 aromatic carbocycles. The summed E-state index contributed by atoms with van der Waals surface area (Å²) in [7, 11) is 2.02. The monoisotopic (exact) mass is 153 g/mol. The number of nitrogens with zero attached hydrogens (tertiary/aromatic N) is 1. The Hall–Kier alpha value is -0.760. The first-order valence-electron chi connectivity index (χ1n) is 4.04. The summed E-state index contributed by atoms with van der Waals surface area (Å²) < 4.78 is 2.05. The zero-order valence-electron chi connectivity index (χ0n) is 6.95. The molecular formula is C9H15NO. The van der Waals surface area contributed by atoms with Crippen molar-refractivity contribution in [2.24, 2.45) is 7.05 Å². The molecule has 0 radical (unpaired) electrons. The quantitative estimate of drug-likeness (QED) is 0.649. The van der Waals surface area contributed by atoms with Crippen LogP contribution in [0.15, 0.2) is 18.5 Å². The van der Waals surface area contributed by atoms with Crippen molar-refractivity contribution in [3.8, 4) is 0 Å². The van der Waals surface area contributed by atoms with Crippen LogP contribution in [0.25, 0.3) is 0 Å². The second-order valence-electron chi connectivity index (χ2n) is 2.87. The van der Waals surface area contributed by atoms with Gasteiger partial charge < -0.3 is 9.67 Å². The van der Waals surface area contributed by atoms with E-state index in [2.05, 4.69) is 12.3 Å². The summed E-state index contributed by atoms with van der Waals surface area (Å²) in [5, 5.41) is 8.54. The molecular weight excluding hydrogens is 138 g/mol. The van der Waals surface area contributed by atoms with Crippen molar-refractivity contribution in [2.45, 2.75) is 19.3 Å². The molecule has 0 aliphatic carbocycles. The molecule has 0 aliphatic rings. The van der Waals surface area contributed by atoms with Crippen LogP contribution in [0, 0.1) is 0 Å². The highest BCUT2D eigenvalue weighted by atomic mass is 16.2. The molecule has 2 heteroatoms. The van der Waals surface area contributed by atoms with Crippen molar-refractivity contribution >= 4 is 0 Å². The molecule has 1 rings (SSSR count). The third-order valence-electron chi connectivity index (χ3n) is 1.77. The maximum atomic E-state index is 8.54. The van der Waals surface area contributed by atoms with Gasteiger partial charge in [0.05, 0.1) is 0 Å². The SMILES string of the molecule is Cn1ccc(CCCCO)c1. The van der Waals surface area contributed by atoms with Crippen molar-refractivity contribution < 1.29 is 5.11 Å². The van der Waals surface area contributed by atoms with Gasteiger partial charge in [0.2, 0.25) is 0 Å². The molecule has 1 heterocycles. The summed E-state index contributed by atoms with van der Waals surface area (Å²) in [5.41, 5.74) is 1.36. The number of unbranched alkanes of at least 4 members (excludes halogenated alkanes) is 1. The minimum Gasteiger partial charge on any atom is -0.396 e. The lowest BCUT2D eigenvalue weighted by Crippen LogP contribution is -1.87. The maximum absolute atomic E-state index is 8.54. The minimum absolute atomic E-state index is 0.312. The van der Waals surface area contributed by atoms with E-state index < -0.39 is 0 Å². The van der Waals surface area contributed by atoms with Crippen LogP contribution in [-0.4, -0.2) is 16.3 Å². The predicted octanol–water partition coefficient (Wildman–Crippen LogP) is 1.34. The van der Waals surface area contributed by atoms with E-state index in [0.29, 0.717) is 6.61 Å². The van der Waals surface area contributed by atoms with E-state index in [0.717, 1.165) is 19.3 Å². The van der Waals surface area contributed by atoms with Gasteiger partial charge in [0.1, 0.15) is 0 Å². The largest absolute Gasteiger partial charge is 0.396 e. The average molecular weight is 153 g/mol. The van der Waals surface area contributed by atoms with E-state index in [4.69, 9.17) is 5.11 Å². The van der Waals surface area contributed by atoms with Gasteiger partial charge in [0.25, 0.3) is 0 Å². The topological polar surface area (TPSA) is 25.2 Å². The molecule has 0 amide bonds. The van der Waals surface area contributed by atoms with Crippen LogP contribution >= 0.6 is 0 Å². The first kappa shape index (κ1) is 8.34. The van der Waals surface area contributed by atoms with E-state index >= 15 is 0 Å². The number of aliphatic hydroxyl groups excluding tert-OH is 1. The van der Waals surface area contributed by atoms with Gasteiger partial charge in [0, 0.05) is 26.0 Å². The summed E-state index contributed by atoms with van der Waals surface area (Å²) in [5.74, 6) is 0. The summed E-state index contributed by atoms with van der Waals surface area (Å²) in [6, 6.07) is 2.12. The van der Waals surface area contributed by atoms with Crippen molar-refractivity contribution in [1.29, 1.82) is 0 Å². The van der Waals surface area contributed by atoms with Gasteiger partial charge >= 0.3 is 0 Å². The summed E-state index contributed by atoms with van der Waals surface area (Å²) in [4.78, 5) is 0. The smallest absolute Gasteiger partial charge is 0.0431 e. The van der Waals surface area contributed by atoms with Gasteiger partial charge in [-0.1, -0.05) is 0 Å². The molecule has 1 N–H and O–H groups in total. The molecule has 62 valence electrons. The number of hydrogen-bond acceptors (Lipinski definition) is 1. The highest BCUT2D eigenvalue weighted by molar-refractivity contribution is 5.09. The number of aliphatic hydroxyl groups is 1. The van der Waals surface area contributed by atoms with E-state index in [9.17, 15) is 0 Å². The lowest BCUT2D eigenvalue weighted by atomic mass is 10.1. The second-order valence-corrected chi connectivity index (χ2v) is 2.87. The van der Waals surface area contributed by atoms with Crippen molar-refractivity contribution in [1.82, 2.24) is 4.57 Å². The van der Waals surface area contributed by atoms with Gasteiger partial charge in [-0.2, -0.15) is 0 Å². The van der Waals surface area contributed by atoms with Crippen LogP contribution in [0.2, 0.25) is 0 Å². The molecule has 0 spiro atoms. The zero-order valence-corrected chi connectivity index (χ0v) is 6.95. The normalized spacial score (nSPS) is 10.4. The highest BCUT2D eigenvalue weighted by Crippen LogP contribution is 2.04. The lowest BCUT2D eigenvalue weighted by molar-refractivity contribution is 0.284. The first-order chi connectivity index (χ1) is 5.33. The van der Waals surface area contributed by atoms with E-state index in [1.54, 1.807) is 0 Å². The van der Waals surface area contributed by atoms with E-state index in [1.165, 1.54) is 5.56 Å². The fourth-order valence-electron chi connectivity index (χ4n) is 1.15. The van der Waals surface area contributed by atoms with Gasteiger partial charge in [-0.3, -0.25) is 0 Å². The van der Waals surface area contributed by atoms with Crippen LogP contribution in [0.1, 0.15) is 18.4 Å². The standard InChI is InChI=1S/C9H15NO/c1-10-6-5-9(8-10)4-2-3-7-11/h5-6,8,11H,2-4,7H2,1H3. The van der Waals surface area contributed by atoms with Crippen molar-refractivity contribution in [2.75, 3.05) is 6.61 Å². The molecule has 2 nitrogen and oxygen atoms in total. The molecule has 0 fully saturated rings. The number of hydrogen-bond donors (Lipinski definition) is 1. The average Bonchev–Trinajstić information content (AvgIpc) is 2.37. The van der Waals surface area contributed by atoms with Crippen LogP contribution in [-0.2, 0) is 13.5 Å². The van der Waals surface area contributed by atoms with Crippen LogP contribution in [0.4, 0.5) is 0 Å². The fourth-order valence-corrected chi connectivity index (χ4v) is 1.15. The molecule has 0 aliphatic heterocycles. The Morgan fingerprint density at radius 2 is 2.27 bits per heavy atom. The third-order valence-corrected chi connectivity index (χ3v) is 1.77. The fraction of sp³-hybridized carbons (Fsp3) is 0.556. The molecule has 1 aromatic heterocycles. The van der Waals surface area contributed by atoms with Gasteiger partial charge in [0.15, 0.2) is 0 Å². The maximum Gasteiger partial charge on any atom is 0.0431 e. The summed E-state index contributed by atoms with van der Waals surface area (Å²) >= 11 is 0. The second kappa shape index (κ2) is 4.19. The van der Waals surface area contributed by atoms with Crippen molar-refractivity contribution in [3.63, 3.8) is 0 Å². The van der Waals surface area contributed by atoms with Crippen LogP contribution < -0.4 is 0 Å². The molecule has 1 aromatic rings. The van der Waals surface area contributed by atoms with Crippen molar-refractivity contribution in [3.05, 3.63) is 24.0 Å². The molecule has 11 heavy (non-hydrogen) atoms. The molecule has 0 bridgehead atoms. The van der Waals surface area contributed by atoms with Gasteiger partial charge in [-0.25, -0.2) is 0 Å². The number of aromatic nitrogens is 1. The Morgan fingerprint density at radius 3 is 2.82 bits per heavy atom. The Labute approximate surface area is 67.5 Å². The lowest BCUT2D eigenvalue weighted by Gasteiger charge is -1.94. The molecule has 0 saturated heterocycles. The third kappa shape index (κ3) is 2.76. The Bertz CT molecular complexity index is 205. The Kier molecular flexibility index (Phi) is 3.17. The highest BCUT2D eigenvalue weighted by Gasteiger charge is 1.93. The number of aryl methyl sites for hydroxylation is 2. The first-order valence-corrected chi connectivity index (χ1v) is 4.04. The Balaban J connectivity index is 2.27. The molecule has 0 saturated carbocycles. The van der Waals surface area contributed by atoms with Crippen LogP contribution in [0.3, 0.4) is 0 Å². The van der Waals surface area contributed by atoms with E-state index in [1.807, 2.05) is 17.8 Å². The van der Waals surface area contributed by atoms with Gasteiger partial charge in [-0.05, 0) is 30.9 Å². The summed E-state index contributed by atoms with van der Waals surface area (Å²) in [6.45, 7) is 0.312. The summed E-state index contributed by atoms with van der Waals surface area (Å²) in [6.07, 6.45) is 7.25. The number of rotatable bonds is 4. The molecule has 0 atom stereocenters. The van der Waals surface area contributed by atoms with Crippen LogP contribution in [0.5, 0.6) is 0 Å².